The second-order valence-electron chi connectivity index (χ2n) is 7.28. The highest BCUT2D eigenvalue weighted by Gasteiger charge is 2.38. The molecule has 1 aliphatic heterocycles. The second kappa shape index (κ2) is 7.16. The predicted octanol–water partition coefficient (Wildman–Crippen LogP) is 5.66. The van der Waals surface area contributed by atoms with E-state index in [0.717, 1.165) is 33.3 Å². The number of ether oxygens (including phenoxy) is 1. The zero-order chi connectivity index (χ0) is 20.7. The highest BCUT2D eigenvalue weighted by atomic mass is 16.5. The van der Waals surface area contributed by atoms with Crippen LogP contribution in [0.4, 0.5) is 5.69 Å². The highest BCUT2D eigenvalue weighted by molar-refractivity contribution is 6.16. The molecule has 0 fully saturated rings. The van der Waals surface area contributed by atoms with Gasteiger partial charge in [-0.05, 0) is 47.0 Å². The number of aromatic nitrogens is 1. The third-order valence-corrected chi connectivity index (χ3v) is 5.60. The van der Waals surface area contributed by atoms with E-state index in [0.29, 0.717) is 11.3 Å². The lowest BCUT2D eigenvalue weighted by atomic mass is 9.85. The molecule has 4 aromatic rings. The van der Waals surface area contributed by atoms with Gasteiger partial charge in [0.05, 0.1) is 24.4 Å². The number of methoxy groups -OCH3 is 1. The van der Waals surface area contributed by atoms with E-state index in [-0.39, 0.29) is 11.9 Å². The number of carbonyl (C=O) groups is 1. The Labute approximate surface area is 175 Å². The molecule has 5 rings (SSSR count). The number of benzene rings is 3. The van der Waals surface area contributed by atoms with Crippen molar-refractivity contribution < 1.29 is 9.53 Å². The van der Waals surface area contributed by atoms with Crippen molar-refractivity contribution >= 4 is 28.1 Å². The molecule has 1 aromatic heterocycles. The summed E-state index contributed by atoms with van der Waals surface area (Å²) >= 11 is 0. The maximum absolute atomic E-state index is 13.8. The summed E-state index contributed by atoms with van der Waals surface area (Å²) in [7, 11) is 1.62. The van der Waals surface area contributed by atoms with Crippen LogP contribution >= 0.6 is 0 Å². The average molecular weight is 392 g/mol. The molecule has 0 radical (unpaired) electrons. The van der Waals surface area contributed by atoms with Crippen LogP contribution in [0.2, 0.25) is 0 Å². The van der Waals surface area contributed by atoms with E-state index in [1.165, 1.54) is 0 Å². The fourth-order valence-electron chi connectivity index (χ4n) is 4.17. The summed E-state index contributed by atoms with van der Waals surface area (Å²) in [6.07, 6.45) is 1.76. The van der Waals surface area contributed by atoms with Gasteiger partial charge in [0.1, 0.15) is 5.75 Å². The number of anilines is 1. The molecule has 0 N–H and O–H groups in total. The van der Waals surface area contributed by atoms with Crippen molar-refractivity contribution in [2.75, 3.05) is 12.0 Å². The van der Waals surface area contributed by atoms with Crippen molar-refractivity contribution in [1.29, 1.82) is 0 Å². The van der Waals surface area contributed by atoms with Gasteiger partial charge in [0.25, 0.3) is 5.91 Å². The molecule has 0 aliphatic carbocycles. The molecule has 1 amide bonds. The molecule has 0 saturated heterocycles. The molecule has 4 nitrogen and oxygen atoms in total. The Kier molecular flexibility index (Phi) is 4.32. The number of rotatable bonds is 3. The Bertz CT molecular complexity index is 1280. The summed E-state index contributed by atoms with van der Waals surface area (Å²) in [5.74, 6) is 0.627. The zero-order valence-electron chi connectivity index (χ0n) is 16.6. The topological polar surface area (TPSA) is 42.4 Å². The van der Waals surface area contributed by atoms with E-state index in [2.05, 4.69) is 11.6 Å². The lowest BCUT2D eigenvalue weighted by Gasteiger charge is -2.39. The number of fused-ring (bicyclic) bond motifs is 2. The SMILES string of the molecule is C=C1c2cc(OC)ccc2C(=O)N(c2cccc3cccnc23)C1c1ccccc1. The molecule has 0 spiro atoms. The van der Waals surface area contributed by atoms with Crippen LogP contribution in [0.25, 0.3) is 16.5 Å². The number of nitrogens with zero attached hydrogens (tertiary/aromatic N) is 2. The van der Waals surface area contributed by atoms with Crippen molar-refractivity contribution in [2.45, 2.75) is 6.04 Å². The van der Waals surface area contributed by atoms with Gasteiger partial charge in [-0.15, -0.1) is 0 Å². The summed E-state index contributed by atoms with van der Waals surface area (Å²) in [6.45, 7) is 4.41. The van der Waals surface area contributed by atoms with Gasteiger partial charge in [-0.3, -0.25) is 14.7 Å². The van der Waals surface area contributed by atoms with Gasteiger partial charge in [0, 0.05) is 17.1 Å². The summed E-state index contributed by atoms with van der Waals surface area (Å²) in [5.41, 5.74) is 4.84. The molecule has 0 bridgehead atoms. The molecule has 0 saturated carbocycles. The first-order valence-electron chi connectivity index (χ1n) is 9.78. The van der Waals surface area contributed by atoms with Crippen molar-refractivity contribution in [2.24, 2.45) is 0 Å². The number of hydrogen-bond donors (Lipinski definition) is 0. The lowest BCUT2D eigenvalue weighted by molar-refractivity contribution is 0.0978. The van der Waals surface area contributed by atoms with Crippen LogP contribution in [-0.2, 0) is 0 Å². The molecular formula is C26H20N2O2. The van der Waals surface area contributed by atoms with E-state index >= 15 is 0 Å². The monoisotopic (exact) mass is 392 g/mol. The van der Waals surface area contributed by atoms with Crippen molar-refractivity contribution in [3.8, 4) is 5.75 Å². The lowest BCUT2D eigenvalue weighted by Crippen LogP contribution is -2.40. The Morgan fingerprint density at radius 1 is 0.933 bits per heavy atom. The van der Waals surface area contributed by atoms with Crippen LogP contribution in [0.1, 0.15) is 27.5 Å². The Balaban J connectivity index is 1.78. The van der Waals surface area contributed by atoms with Gasteiger partial charge in [-0.2, -0.15) is 0 Å². The van der Waals surface area contributed by atoms with E-state index in [4.69, 9.17) is 4.74 Å². The molecular weight excluding hydrogens is 372 g/mol. The molecule has 1 atom stereocenters. The molecule has 30 heavy (non-hydrogen) atoms. The van der Waals surface area contributed by atoms with Gasteiger partial charge >= 0.3 is 0 Å². The van der Waals surface area contributed by atoms with Gasteiger partial charge in [0.15, 0.2) is 0 Å². The smallest absolute Gasteiger partial charge is 0.259 e. The fraction of sp³-hybridized carbons (Fsp3) is 0.0769. The van der Waals surface area contributed by atoms with Crippen molar-refractivity contribution in [3.63, 3.8) is 0 Å². The quantitative estimate of drug-likeness (QED) is 0.452. The van der Waals surface area contributed by atoms with Gasteiger partial charge < -0.3 is 4.74 Å². The minimum Gasteiger partial charge on any atom is -0.497 e. The number of para-hydroxylation sites is 1. The highest BCUT2D eigenvalue weighted by Crippen LogP contribution is 2.45. The van der Waals surface area contributed by atoms with Crippen molar-refractivity contribution in [1.82, 2.24) is 4.98 Å². The van der Waals surface area contributed by atoms with Crippen LogP contribution in [0.3, 0.4) is 0 Å². The largest absolute Gasteiger partial charge is 0.497 e. The van der Waals surface area contributed by atoms with Crippen LogP contribution in [0.15, 0.2) is 91.6 Å². The maximum Gasteiger partial charge on any atom is 0.259 e. The zero-order valence-corrected chi connectivity index (χ0v) is 16.6. The third kappa shape index (κ3) is 2.77. The molecule has 4 heteroatoms. The molecule has 146 valence electrons. The van der Waals surface area contributed by atoms with E-state index in [1.807, 2.05) is 83.8 Å². The molecule has 1 aliphatic rings. The predicted molar refractivity (Wildman–Crippen MR) is 120 cm³/mol. The summed E-state index contributed by atoms with van der Waals surface area (Å²) in [4.78, 5) is 20.2. The number of pyridine rings is 1. The Morgan fingerprint density at radius 2 is 1.73 bits per heavy atom. The van der Waals surface area contributed by atoms with Gasteiger partial charge in [-0.25, -0.2) is 0 Å². The maximum atomic E-state index is 13.8. The van der Waals surface area contributed by atoms with Crippen LogP contribution in [0, 0.1) is 0 Å². The summed E-state index contributed by atoms with van der Waals surface area (Å²) < 4.78 is 5.40. The molecule has 2 heterocycles. The Morgan fingerprint density at radius 3 is 2.53 bits per heavy atom. The number of amides is 1. The summed E-state index contributed by atoms with van der Waals surface area (Å²) in [6, 6.07) is 25.0. The molecule has 1 unspecified atom stereocenters. The minimum atomic E-state index is -0.342. The van der Waals surface area contributed by atoms with E-state index in [9.17, 15) is 4.79 Å². The van der Waals surface area contributed by atoms with Gasteiger partial charge in [-0.1, -0.05) is 55.1 Å². The van der Waals surface area contributed by atoms with Crippen molar-refractivity contribution in [3.05, 3.63) is 108 Å². The minimum absolute atomic E-state index is 0.0768. The third-order valence-electron chi connectivity index (χ3n) is 5.60. The number of carbonyl (C=O) groups excluding carboxylic acids is 1. The van der Waals surface area contributed by atoms with E-state index in [1.54, 1.807) is 13.3 Å². The van der Waals surface area contributed by atoms with Gasteiger partial charge in [0.2, 0.25) is 0 Å². The average Bonchev–Trinajstić information content (AvgIpc) is 2.81. The van der Waals surface area contributed by atoms with Crippen LogP contribution < -0.4 is 9.64 Å². The first kappa shape index (κ1) is 18.1. The standard InChI is InChI=1S/C26H20N2O2/c1-17-22-16-20(30-2)13-14-21(22)26(29)28(25(17)19-8-4-3-5-9-19)23-12-6-10-18-11-7-15-27-24(18)23/h3-16,25H,1H2,2H3. The first-order chi connectivity index (χ1) is 14.7. The molecule has 3 aromatic carbocycles. The fourth-order valence-corrected chi connectivity index (χ4v) is 4.17. The second-order valence-corrected chi connectivity index (χ2v) is 7.28. The van der Waals surface area contributed by atoms with E-state index < -0.39 is 0 Å². The Hall–Kier alpha value is -3.92. The normalized spacial score (nSPS) is 15.9. The first-order valence-corrected chi connectivity index (χ1v) is 9.78. The van der Waals surface area contributed by atoms with Crippen LogP contribution in [0.5, 0.6) is 5.75 Å². The number of hydrogen-bond acceptors (Lipinski definition) is 3. The van der Waals surface area contributed by atoms with Crippen LogP contribution in [-0.4, -0.2) is 18.0 Å². The summed E-state index contributed by atoms with van der Waals surface area (Å²) in [5, 5.41) is 0.987.